The number of hydrogen-bond acceptors (Lipinski definition) is 3. The largest absolute Gasteiger partial charge is 0.378 e. The van der Waals surface area contributed by atoms with E-state index in [0.29, 0.717) is 6.42 Å². The third-order valence-corrected chi connectivity index (χ3v) is 3.61. The average molecular weight is 275 g/mol. The number of nitrogens with one attached hydrogen (secondary N) is 1. The quantitative estimate of drug-likeness (QED) is 0.907. The zero-order valence-electron chi connectivity index (χ0n) is 12.4. The molecule has 2 amide bonds. The summed E-state index contributed by atoms with van der Waals surface area (Å²) in [6, 6.07) is 6.78. The molecule has 2 unspecified atom stereocenters. The summed E-state index contributed by atoms with van der Waals surface area (Å²) in [5.74, 6) is -0.148. The molecule has 0 spiro atoms. The van der Waals surface area contributed by atoms with Crippen molar-refractivity contribution >= 4 is 23.2 Å². The van der Waals surface area contributed by atoms with E-state index >= 15 is 0 Å². The number of amides is 2. The Kier molecular flexibility index (Phi) is 3.97. The summed E-state index contributed by atoms with van der Waals surface area (Å²) in [5, 5.41) is 2.72. The number of nitrogens with zero attached hydrogens (tertiary/aromatic N) is 2. The van der Waals surface area contributed by atoms with E-state index in [-0.39, 0.29) is 11.8 Å². The van der Waals surface area contributed by atoms with Crippen molar-refractivity contribution in [1.82, 2.24) is 5.32 Å². The number of hydrogen-bond donors (Lipinski definition) is 1. The first-order valence-corrected chi connectivity index (χ1v) is 6.86. The zero-order valence-corrected chi connectivity index (χ0v) is 12.4. The lowest BCUT2D eigenvalue weighted by Crippen LogP contribution is -2.62. The molecule has 0 saturated carbocycles. The molecule has 0 aromatic heterocycles. The van der Waals surface area contributed by atoms with Gasteiger partial charge in [0.2, 0.25) is 11.8 Å². The van der Waals surface area contributed by atoms with Crippen molar-refractivity contribution < 1.29 is 9.59 Å². The molecule has 1 N–H and O–H groups in total. The predicted molar refractivity (Wildman–Crippen MR) is 79.9 cm³/mol. The first kappa shape index (κ1) is 14.4. The Morgan fingerprint density at radius 3 is 2.30 bits per heavy atom. The lowest BCUT2D eigenvalue weighted by atomic mass is 10.0. The molecule has 108 valence electrons. The summed E-state index contributed by atoms with van der Waals surface area (Å²) in [5.41, 5.74) is 1.83. The van der Waals surface area contributed by atoms with E-state index < -0.39 is 12.1 Å². The van der Waals surface area contributed by atoms with Gasteiger partial charge in [-0.15, -0.1) is 0 Å². The summed E-state index contributed by atoms with van der Waals surface area (Å²) >= 11 is 0. The van der Waals surface area contributed by atoms with Gasteiger partial charge in [0.15, 0.2) is 0 Å². The van der Waals surface area contributed by atoms with Crippen molar-refractivity contribution in [3.8, 4) is 0 Å². The van der Waals surface area contributed by atoms with E-state index in [1.165, 1.54) is 0 Å². The normalized spacial score (nSPS) is 22.7. The number of carbonyl (C=O) groups excluding carboxylic acids is 2. The minimum absolute atomic E-state index is 0.0611. The summed E-state index contributed by atoms with van der Waals surface area (Å²) in [6.07, 6.45) is 0.597. The molecule has 2 atom stereocenters. The van der Waals surface area contributed by atoms with Crippen molar-refractivity contribution in [2.24, 2.45) is 0 Å². The van der Waals surface area contributed by atoms with Gasteiger partial charge >= 0.3 is 0 Å². The number of benzene rings is 1. The third-order valence-electron chi connectivity index (χ3n) is 3.61. The van der Waals surface area contributed by atoms with E-state index in [9.17, 15) is 9.59 Å². The molecule has 0 aliphatic carbocycles. The molecule has 1 aromatic rings. The van der Waals surface area contributed by atoms with Crippen LogP contribution in [0.3, 0.4) is 0 Å². The minimum atomic E-state index is -0.473. The van der Waals surface area contributed by atoms with Gasteiger partial charge in [-0.2, -0.15) is 0 Å². The van der Waals surface area contributed by atoms with Crippen LogP contribution in [0.15, 0.2) is 24.3 Å². The maximum atomic E-state index is 12.4. The molecule has 0 radical (unpaired) electrons. The molecular weight excluding hydrogens is 254 g/mol. The third kappa shape index (κ3) is 2.48. The lowest BCUT2D eigenvalue weighted by molar-refractivity contribution is -0.133. The maximum absolute atomic E-state index is 12.4. The fourth-order valence-corrected chi connectivity index (χ4v) is 2.44. The van der Waals surface area contributed by atoms with Gasteiger partial charge in [-0.1, -0.05) is 6.92 Å². The molecule has 1 aliphatic rings. The second-order valence-corrected chi connectivity index (χ2v) is 5.27. The van der Waals surface area contributed by atoms with Crippen molar-refractivity contribution in [3.05, 3.63) is 24.3 Å². The van der Waals surface area contributed by atoms with Crippen LogP contribution >= 0.6 is 0 Å². The van der Waals surface area contributed by atoms with E-state index in [1.807, 2.05) is 50.2 Å². The maximum Gasteiger partial charge on any atom is 0.250 e. The summed E-state index contributed by atoms with van der Waals surface area (Å²) < 4.78 is 0. The van der Waals surface area contributed by atoms with E-state index in [2.05, 4.69) is 5.32 Å². The second-order valence-electron chi connectivity index (χ2n) is 5.27. The smallest absolute Gasteiger partial charge is 0.250 e. The molecule has 0 bridgehead atoms. The van der Waals surface area contributed by atoms with Crippen LogP contribution < -0.4 is 15.1 Å². The Hall–Kier alpha value is -2.04. The molecule has 5 nitrogen and oxygen atoms in total. The van der Waals surface area contributed by atoms with Gasteiger partial charge in [0, 0.05) is 25.5 Å². The summed E-state index contributed by atoms with van der Waals surface area (Å²) in [6.45, 7) is 3.63. The number of anilines is 2. The Morgan fingerprint density at radius 1 is 1.20 bits per heavy atom. The van der Waals surface area contributed by atoms with Crippen LogP contribution in [0.2, 0.25) is 0 Å². The van der Waals surface area contributed by atoms with E-state index in [0.717, 1.165) is 11.4 Å². The van der Waals surface area contributed by atoms with Crippen molar-refractivity contribution in [1.29, 1.82) is 0 Å². The molecule has 5 heteroatoms. The van der Waals surface area contributed by atoms with Crippen LogP contribution in [0, 0.1) is 0 Å². The second kappa shape index (κ2) is 5.53. The minimum Gasteiger partial charge on any atom is -0.378 e. The fraction of sp³-hybridized carbons (Fsp3) is 0.467. The number of rotatable bonds is 3. The molecule has 2 rings (SSSR count). The molecule has 1 saturated heterocycles. The van der Waals surface area contributed by atoms with Gasteiger partial charge < -0.3 is 10.2 Å². The zero-order chi connectivity index (χ0) is 14.9. The van der Waals surface area contributed by atoms with E-state index in [4.69, 9.17) is 0 Å². The van der Waals surface area contributed by atoms with Crippen LogP contribution in [-0.4, -0.2) is 38.0 Å². The predicted octanol–water partition coefficient (Wildman–Crippen LogP) is 1.38. The Morgan fingerprint density at radius 2 is 1.80 bits per heavy atom. The summed E-state index contributed by atoms with van der Waals surface area (Å²) in [7, 11) is 3.93. The van der Waals surface area contributed by atoms with Gasteiger partial charge in [-0.05, 0) is 37.6 Å². The topological polar surface area (TPSA) is 52.7 Å². The van der Waals surface area contributed by atoms with Crippen LogP contribution in [0.4, 0.5) is 11.4 Å². The van der Waals surface area contributed by atoms with E-state index in [1.54, 1.807) is 11.8 Å². The number of piperazine rings is 1. The van der Waals surface area contributed by atoms with Crippen LogP contribution in [0.1, 0.15) is 20.3 Å². The highest BCUT2D eigenvalue weighted by Gasteiger charge is 2.38. The first-order valence-electron chi connectivity index (χ1n) is 6.86. The lowest BCUT2D eigenvalue weighted by Gasteiger charge is -2.37. The van der Waals surface area contributed by atoms with Crippen molar-refractivity contribution in [3.63, 3.8) is 0 Å². The van der Waals surface area contributed by atoms with Gasteiger partial charge in [0.05, 0.1) is 0 Å². The van der Waals surface area contributed by atoms with Gasteiger partial charge in [0.25, 0.3) is 0 Å². The Balaban J connectivity index is 2.36. The van der Waals surface area contributed by atoms with Crippen molar-refractivity contribution in [2.45, 2.75) is 32.4 Å². The first-order chi connectivity index (χ1) is 9.45. The van der Waals surface area contributed by atoms with Gasteiger partial charge in [-0.25, -0.2) is 0 Å². The average Bonchev–Trinajstić information content (AvgIpc) is 2.42. The Bertz CT molecular complexity index is 510. The fourth-order valence-electron chi connectivity index (χ4n) is 2.44. The molecule has 1 aliphatic heterocycles. The molecule has 1 fully saturated rings. The van der Waals surface area contributed by atoms with Crippen LogP contribution in [0.5, 0.6) is 0 Å². The molecule has 20 heavy (non-hydrogen) atoms. The molecule has 1 aromatic carbocycles. The standard InChI is InChI=1S/C15H21N3O2/c1-5-13-14(19)16-10(2)15(20)18(13)12-8-6-11(7-9-12)17(3)4/h6-10,13H,5H2,1-4H3,(H,16,19). The number of carbonyl (C=O) groups is 2. The monoisotopic (exact) mass is 275 g/mol. The van der Waals surface area contributed by atoms with Crippen LogP contribution in [-0.2, 0) is 9.59 Å². The summed E-state index contributed by atoms with van der Waals surface area (Å²) in [4.78, 5) is 28.0. The van der Waals surface area contributed by atoms with Crippen LogP contribution in [0.25, 0.3) is 0 Å². The Labute approximate surface area is 119 Å². The SMILES string of the molecule is CCC1C(=O)NC(C)C(=O)N1c1ccc(N(C)C)cc1. The van der Waals surface area contributed by atoms with Gasteiger partial charge in [0.1, 0.15) is 12.1 Å². The molecule has 1 heterocycles. The van der Waals surface area contributed by atoms with Gasteiger partial charge in [-0.3, -0.25) is 14.5 Å². The highest BCUT2D eigenvalue weighted by molar-refractivity contribution is 6.08. The highest BCUT2D eigenvalue weighted by Crippen LogP contribution is 2.25. The van der Waals surface area contributed by atoms with Crippen molar-refractivity contribution in [2.75, 3.05) is 23.9 Å². The molecular formula is C15H21N3O2. The highest BCUT2D eigenvalue weighted by atomic mass is 16.2.